The molecule has 120 valence electrons. The predicted molar refractivity (Wildman–Crippen MR) is 89.9 cm³/mol. The molecule has 0 saturated heterocycles. The number of rotatable bonds is 7. The van der Waals surface area contributed by atoms with E-state index in [0.717, 1.165) is 15.0 Å². The summed E-state index contributed by atoms with van der Waals surface area (Å²) in [7, 11) is 0. The lowest BCUT2D eigenvalue weighted by Gasteiger charge is -2.16. The monoisotopic (exact) mass is 342 g/mol. The Morgan fingerprint density at radius 1 is 1.36 bits per heavy atom. The molecule has 0 fully saturated rings. The molecule has 2 aromatic heterocycles. The Kier molecular flexibility index (Phi) is 5.60. The minimum Gasteiger partial charge on any atom is -0.390 e. The fourth-order valence-corrected chi connectivity index (χ4v) is 3.38. The number of hydrogen-bond acceptors (Lipinski definition) is 7. The summed E-state index contributed by atoms with van der Waals surface area (Å²) in [6.45, 7) is 6.17. The van der Waals surface area contributed by atoms with Crippen LogP contribution in [0.5, 0.6) is 0 Å². The second-order valence-electron chi connectivity index (χ2n) is 5.43. The van der Waals surface area contributed by atoms with E-state index in [1.165, 1.54) is 29.4 Å². The van der Waals surface area contributed by atoms with E-state index < -0.39 is 11.5 Å². The number of nitrogens with zero attached hydrogens (tertiary/aromatic N) is 2. The van der Waals surface area contributed by atoms with Crippen molar-refractivity contribution in [2.45, 2.75) is 37.1 Å². The van der Waals surface area contributed by atoms with E-state index in [2.05, 4.69) is 20.0 Å². The van der Waals surface area contributed by atoms with Gasteiger partial charge in [-0.15, -0.1) is 0 Å². The smallest absolute Gasteiger partial charge is 0.214 e. The van der Waals surface area contributed by atoms with Crippen LogP contribution in [-0.2, 0) is 0 Å². The molecule has 5 nitrogen and oxygen atoms in total. The molecule has 2 aromatic rings. The van der Waals surface area contributed by atoms with Gasteiger partial charge >= 0.3 is 0 Å². The Morgan fingerprint density at radius 3 is 2.82 bits per heavy atom. The molecule has 0 atom stereocenters. The lowest BCUT2D eigenvalue weighted by molar-refractivity contribution is 0.0749. The fraction of sp³-hybridized carbons (Fsp3) is 0.429. The van der Waals surface area contributed by atoms with Crippen molar-refractivity contribution < 1.29 is 9.50 Å². The van der Waals surface area contributed by atoms with Gasteiger partial charge in [0.1, 0.15) is 10.8 Å². The van der Waals surface area contributed by atoms with Gasteiger partial charge in [-0.1, -0.05) is 17.4 Å². The van der Waals surface area contributed by atoms with Crippen molar-refractivity contribution in [3.63, 3.8) is 0 Å². The maximum Gasteiger partial charge on any atom is 0.214 e. The Bertz CT molecular complexity index is 628. The first kappa shape index (κ1) is 17.0. The summed E-state index contributed by atoms with van der Waals surface area (Å²) in [6, 6.07) is 4.59. The SMILES string of the molecule is Cc1nc(SNc2cccc(F)n2)sc1NCCC(C)(C)O. The molecule has 0 aliphatic rings. The third-order valence-corrected chi connectivity index (χ3v) is 4.74. The van der Waals surface area contributed by atoms with E-state index in [9.17, 15) is 9.50 Å². The Morgan fingerprint density at radius 2 is 2.14 bits per heavy atom. The summed E-state index contributed by atoms with van der Waals surface area (Å²) in [5.74, 6) is -0.0655. The summed E-state index contributed by atoms with van der Waals surface area (Å²) < 4.78 is 16.8. The molecule has 0 spiro atoms. The maximum atomic E-state index is 13.0. The van der Waals surface area contributed by atoms with Gasteiger partial charge in [0.15, 0.2) is 4.34 Å². The largest absolute Gasteiger partial charge is 0.390 e. The van der Waals surface area contributed by atoms with Crippen molar-refractivity contribution in [3.8, 4) is 0 Å². The number of aromatic nitrogens is 2. The zero-order chi connectivity index (χ0) is 16.2. The van der Waals surface area contributed by atoms with Gasteiger partial charge in [0.25, 0.3) is 0 Å². The molecule has 0 amide bonds. The minimum atomic E-state index is -0.687. The molecule has 0 unspecified atom stereocenters. The highest BCUT2D eigenvalue weighted by Gasteiger charge is 2.13. The number of nitrogens with one attached hydrogen (secondary N) is 2. The van der Waals surface area contributed by atoms with Gasteiger partial charge in [0.2, 0.25) is 5.95 Å². The first-order valence-corrected chi connectivity index (χ1v) is 8.46. The molecule has 0 radical (unpaired) electrons. The molecule has 22 heavy (non-hydrogen) atoms. The first-order chi connectivity index (χ1) is 10.3. The van der Waals surface area contributed by atoms with E-state index in [-0.39, 0.29) is 0 Å². The van der Waals surface area contributed by atoms with Crippen LogP contribution in [0.25, 0.3) is 0 Å². The van der Waals surface area contributed by atoms with Crippen molar-refractivity contribution in [1.82, 2.24) is 9.97 Å². The topological polar surface area (TPSA) is 70.1 Å². The normalized spacial score (nSPS) is 11.5. The average Bonchev–Trinajstić information content (AvgIpc) is 2.76. The third kappa shape index (κ3) is 5.43. The minimum absolute atomic E-state index is 0.453. The molecule has 0 bridgehead atoms. The maximum absolute atomic E-state index is 13.0. The summed E-state index contributed by atoms with van der Waals surface area (Å²) >= 11 is 2.80. The van der Waals surface area contributed by atoms with Gasteiger partial charge in [-0.2, -0.15) is 4.39 Å². The van der Waals surface area contributed by atoms with Crippen LogP contribution in [-0.4, -0.2) is 27.2 Å². The van der Waals surface area contributed by atoms with Gasteiger partial charge in [0, 0.05) is 18.5 Å². The molecule has 0 aromatic carbocycles. The summed E-state index contributed by atoms with van der Waals surface area (Å²) in [5.41, 5.74) is 0.214. The van der Waals surface area contributed by atoms with Crippen LogP contribution in [0.2, 0.25) is 0 Å². The van der Waals surface area contributed by atoms with Crippen molar-refractivity contribution in [3.05, 3.63) is 29.8 Å². The van der Waals surface area contributed by atoms with Crippen molar-refractivity contribution in [2.24, 2.45) is 0 Å². The standard InChI is InChI=1S/C14H19FN4OS2/c1-9-12(16-8-7-14(2,3)20)21-13(17-9)22-19-11-6-4-5-10(15)18-11/h4-6,16,20H,7-8H2,1-3H3,(H,18,19). The molecular weight excluding hydrogens is 323 g/mol. The average molecular weight is 342 g/mol. The van der Waals surface area contributed by atoms with Crippen LogP contribution in [0.3, 0.4) is 0 Å². The summed E-state index contributed by atoms with van der Waals surface area (Å²) in [5, 5.41) is 13.9. The molecule has 8 heteroatoms. The molecule has 2 rings (SSSR count). The van der Waals surface area contributed by atoms with Crippen LogP contribution in [0.4, 0.5) is 15.2 Å². The lowest BCUT2D eigenvalue weighted by atomic mass is 10.1. The van der Waals surface area contributed by atoms with Gasteiger partial charge in [-0.05, 0) is 39.3 Å². The number of halogens is 1. The molecule has 3 N–H and O–H groups in total. The summed E-state index contributed by atoms with van der Waals surface area (Å²) in [6.07, 6.45) is 0.651. The van der Waals surface area contributed by atoms with E-state index >= 15 is 0 Å². The van der Waals surface area contributed by atoms with Crippen LogP contribution in [0.15, 0.2) is 22.5 Å². The number of aryl methyl sites for hydroxylation is 1. The van der Waals surface area contributed by atoms with E-state index in [1.54, 1.807) is 26.0 Å². The van der Waals surface area contributed by atoms with Crippen LogP contribution in [0, 0.1) is 12.9 Å². The zero-order valence-electron chi connectivity index (χ0n) is 12.7. The number of hydrogen-bond donors (Lipinski definition) is 3. The van der Waals surface area contributed by atoms with Crippen LogP contribution >= 0.6 is 23.3 Å². The second kappa shape index (κ2) is 7.26. The van der Waals surface area contributed by atoms with E-state index in [0.29, 0.717) is 18.8 Å². The van der Waals surface area contributed by atoms with Gasteiger partial charge in [-0.3, -0.25) is 0 Å². The van der Waals surface area contributed by atoms with Crippen molar-refractivity contribution in [1.29, 1.82) is 0 Å². The highest BCUT2D eigenvalue weighted by Crippen LogP contribution is 2.31. The number of anilines is 2. The van der Waals surface area contributed by atoms with Gasteiger partial charge < -0.3 is 15.1 Å². The number of pyridine rings is 1. The predicted octanol–water partition coefficient (Wildman–Crippen LogP) is 3.68. The molecule has 2 heterocycles. The second-order valence-corrected chi connectivity index (χ2v) is 7.49. The third-order valence-electron chi connectivity index (χ3n) is 2.76. The first-order valence-electron chi connectivity index (χ1n) is 6.82. The van der Waals surface area contributed by atoms with E-state index in [1.807, 2.05) is 6.92 Å². The highest BCUT2D eigenvalue weighted by molar-refractivity contribution is 8.02. The molecule has 0 saturated carbocycles. The zero-order valence-corrected chi connectivity index (χ0v) is 14.3. The fourth-order valence-electron chi connectivity index (χ4n) is 1.62. The molecule has 0 aliphatic heterocycles. The number of thiazole rings is 1. The Balaban J connectivity index is 1.89. The van der Waals surface area contributed by atoms with Crippen molar-refractivity contribution >= 4 is 34.1 Å². The Labute approximate surface area is 137 Å². The van der Waals surface area contributed by atoms with Gasteiger partial charge in [0.05, 0.1) is 11.3 Å². The molecule has 0 aliphatic carbocycles. The Hall–Kier alpha value is -1.38. The van der Waals surface area contributed by atoms with Crippen molar-refractivity contribution in [2.75, 3.05) is 16.6 Å². The van der Waals surface area contributed by atoms with E-state index in [4.69, 9.17) is 0 Å². The highest BCUT2D eigenvalue weighted by atomic mass is 32.2. The van der Waals surface area contributed by atoms with Gasteiger partial charge in [-0.25, -0.2) is 9.97 Å². The quantitative estimate of drug-likeness (QED) is 0.527. The lowest BCUT2D eigenvalue weighted by Crippen LogP contribution is -2.22. The summed E-state index contributed by atoms with van der Waals surface area (Å²) in [4.78, 5) is 8.16. The van der Waals surface area contributed by atoms with Crippen LogP contribution < -0.4 is 10.0 Å². The van der Waals surface area contributed by atoms with Crippen LogP contribution in [0.1, 0.15) is 26.0 Å². The number of aliphatic hydroxyl groups is 1. The molecular formula is C14H19FN4OS2.